The van der Waals surface area contributed by atoms with Crippen molar-refractivity contribution in [1.82, 2.24) is 15.3 Å². The van der Waals surface area contributed by atoms with E-state index in [1.54, 1.807) is 0 Å². The highest BCUT2D eigenvalue weighted by Crippen LogP contribution is 2.29. The summed E-state index contributed by atoms with van der Waals surface area (Å²) < 4.78 is 0. The molecule has 0 saturated carbocycles. The Kier molecular flexibility index (Phi) is 5.79. The second-order valence-electron chi connectivity index (χ2n) is 7.50. The summed E-state index contributed by atoms with van der Waals surface area (Å²) in [5.74, 6) is -1.30. The number of amides is 2. The third-order valence-electron chi connectivity index (χ3n) is 5.14. The van der Waals surface area contributed by atoms with E-state index >= 15 is 0 Å². The summed E-state index contributed by atoms with van der Waals surface area (Å²) in [4.78, 5) is 44.7. The van der Waals surface area contributed by atoms with Crippen LogP contribution in [0.4, 0.5) is 17.5 Å². The van der Waals surface area contributed by atoms with Crippen molar-refractivity contribution in [1.29, 1.82) is 0 Å². The Morgan fingerprint density at radius 2 is 1.84 bits per heavy atom. The summed E-state index contributed by atoms with van der Waals surface area (Å²) in [6.45, 7) is 2.39. The molecule has 4 N–H and O–H groups in total. The van der Waals surface area contributed by atoms with Crippen LogP contribution in [0.3, 0.4) is 0 Å². The van der Waals surface area contributed by atoms with Crippen LogP contribution in [0, 0.1) is 6.92 Å². The molecule has 2 amide bonds. The van der Waals surface area contributed by atoms with Crippen molar-refractivity contribution >= 4 is 29.3 Å². The normalized spacial score (nSPS) is 15.0. The molecule has 31 heavy (non-hydrogen) atoms. The Morgan fingerprint density at radius 1 is 1.10 bits per heavy atom. The lowest BCUT2D eigenvalue weighted by Gasteiger charge is -2.23. The fourth-order valence-corrected chi connectivity index (χ4v) is 3.53. The van der Waals surface area contributed by atoms with E-state index < -0.39 is 11.5 Å². The van der Waals surface area contributed by atoms with Gasteiger partial charge in [-0.1, -0.05) is 48.0 Å². The van der Waals surface area contributed by atoms with Gasteiger partial charge < -0.3 is 16.0 Å². The standard InChI is InChI=1S/C23H23N5O3/c1-14-7-9-16(10-8-14)25-23-27-20-19(22(31)28-23)17(13-18(29)26-20)21(30)24-12-11-15-5-3-2-4-6-15/h2-10,17H,11-13H2,1H3,(H,24,30)(H3,25,26,27,28,29,31). The lowest BCUT2D eigenvalue weighted by Crippen LogP contribution is -2.39. The number of benzene rings is 2. The molecule has 158 valence electrons. The zero-order valence-electron chi connectivity index (χ0n) is 17.1. The van der Waals surface area contributed by atoms with Gasteiger partial charge in [0.15, 0.2) is 0 Å². The van der Waals surface area contributed by atoms with Crippen molar-refractivity contribution < 1.29 is 9.59 Å². The Labute approximate surface area is 179 Å². The lowest BCUT2D eigenvalue weighted by molar-refractivity contribution is -0.126. The minimum Gasteiger partial charge on any atom is -0.355 e. The molecule has 2 heterocycles. The number of anilines is 3. The van der Waals surface area contributed by atoms with E-state index in [4.69, 9.17) is 0 Å². The Balaban J connectivity index is 1.51. The van der Waals surface area contributed by atoms with Crippen LogP contribution < -0.4 is 21.5 Å². The van der Waals surface area contributed by atoms with Gasteiger partial charge in [0.1, 0.15) is 5.82 Å². The van der Waals surface area contributed by atoms with Crippen LogP contribution in [0.2, 0.25) is 0 Å². The van der Waals surface area contributed by atoms with Gasteiger partial charge in [0.2, 0.25) is 17.8 Å². The van der Waals surface area contributed by atoms with E-state index in [1.165, 1.54) is 0 Å². The predicted molar refractivity (Wildman–Crippen MR) is 118 cm³/mol. The van der Waals surface area contributed by atoms with Crippen LogP contribution in [0.1, 0.15) is 29.0 Å². The largest absolute Gasteiger partial charge is 0.355 e. The van der Waals surface area contributed by atoms with Crippen LogP contribution >= 0.6 is 0 Å². The van der Waals surface area contributed by atoms with Crippen molar-refractivity contribution in [2.45, 2.75) is 25.7 Å². The summed E-state index contributed by atoms with van der Waals surface area (Å²) in [6, 6.07) is 17.3. The van der Waals surface area contributed by atoms with Gasteiger partial charge in [-0.05, 0) is 31.0 Å². The number of carbonyl (C=O) groups excluding carboxylic acids is 2. The summed E-state index contributed by atoms with van der Waals surface area (Å²) >= 11 is 0. The maximum absolute atomic E-state index is 12.8. The Hall–Kier alpha value is -3.94. The number of H-pyrrole nitrogens is 1. The number of aryl methyl sites for hydroxylation is 1. The summed E-state index contributed by atoms with van der Waals surface area (Å²) in [5, 5.41) is 8.46. The number of fused-ring (bicyclic) bond motifs is 1. The van der Waals surface area contributed by atoms with Crippen LogP contribution in [-0.2, 0) is 16.0 Å². The number of aromatic amines is 1. The van der Waals surface area contributed by atoms with Crippen molar-refractivity contribution in [2.75, 3.05) is 17.2 Å². The van der Waals surface area contributed by atoms with Gasteiger partial charge in [-0.25, -0.2) is 0 Å². The Morgan fingerprint density at radius 3 is 2.58 bits per heavy atom. The van der Waals surface area contributed by atoms with Crippen LogP contribution in [0.25, 0.3) is 0 Å². The van der Waals surface area contributed by atoms with Gasteiger partial charge in [0, 0.05) is 18.7 Å². The predicted octanol–water partition coefficient (Wildman–Crippen LogP) is 2.61. The third kappa shape index (κ3) is 4.80. The highest BCUT2D eigenvalue weighted by molar-refractivity contribution is 6.00. The molecule has 1 aliphatic rings. The molecule has 1 atom stereocenters. The first kappa shape index (κ1) is 20.3. The second-order valence-corrected chi connectivity index (χ2v) is 7.50. The van der Waals surface area contributed by atoms with Gasteiger partial charge in [-0.2, -0.15) is 4.98 Å². The number of nitrogens with one attached hydrogen (secondary N) is 4. The molecule has 0 spiro atoms. The van der Waals surface area contributed by atoms with E-state index in [1.807, 2.05) is 61.5 Å². The SMILES string of the molecule is Cc1ccc(Nc2nc3c(c(=O)[nH]2)C(C(=O)NCCc2ccccc2)CC(=O)N3)cc1. The van der Waals surface area contributed by atoms with Gasteiger partial charge in [-0.15, -0.1) is 0 Å². The van der Waals surface area contributed by atoms with Crippen molar-refractivity contribution in [3.05, 3.63) is 81.6 Å². The summed E-state index contributed by atoms with van der Waals surface area (Å²) in [7, 11) is 0. The van der Waals surface area contributed by atoms with Crippen molar-refractivity contribution in [2.24, 2.45) is 0 Å². The van der Waals surface area contributed by atoms with Crippen LogP contribution in [0.5, 0.6) is 0 Å². The fourth-order valence-electron chi connectivity index (χ4n) is 3.53. The fraction of sp³-hybridized carbons (Fsp3) is 0.217. The third-order valence-corrected chi connectivity index (χ3v) is 5.14. The number of aromatic nitrogens is 2. The zero-order valence-corrected chi connectivity index (χ0v) is 17.1. The van der Waals surface area contributed by atoms with E-state index in [2.05, 4.69) is 25.9 Å². The number of rotatable bonds is 6. The first-order valence-corrected chi connectivity index (χ1v) is 10.1. The number of nitrogens with zero attached hydrogens (tertiary/aromatic N) is 1. The first-order valence-electron chi connectivity index (χ1n) is 10.1. The number of hydrogen-bond acceptors (Lipinski definition) is 5. The first-order chi connectivity index (χ1) is 15.0. The van der Waals surface area contributed by atoms with Crippen LogP contribution in [-0.4, -0.2) is 28.3 Å². The molecule has 8 heteroatoms. The van der Waals surface area contributed by atoms with E-state index in [-0.39, 0.29) is 35.6 Å². The second kappa shape index (κ2) is 8.83. The van der Waals surface area contributed by atoms with E-state index in [9.17, 15) is 14.4 Å². The van der Waals surface area contributed by atoms with Crippen molar-refractivity contribution in [3.63, 3.8) is 0 Å². The molecule has 0 saturated heterocycles. The molecule has 1 unspecified atom stereocenters. The molecule has 0 bridgehead atoms. The number of carbonyl (C=O) groups is 2. The van der Waals surface area contributed by atoms with Gasteiger partial charge >= 0.3 is 0 Å². The topological polar surface area (TPSA) is 116 Å². The zero-order chi connectivity index (χ0) is 21.8. The maximum Gasteiger partial charge on any atom is 0.258 e. The van der Waals surface area contributed by atoms with E-state index in [0.717, 1.165) is 16.8 Å². The van der Waals surface area contributed by atoms with Gasteiger partial charge in [0.05, 0.1) is 11.5 Å². The lowest BCUT2D eigenvalue weighted by atomic mass is 9.92. The average Bonchev–Trinajstić information content (AvgIpc) is 2.75. The van der Waals surface area contributed by atoms with Crippen LogP contribution in [0.15, 0.2) is 59.4 Å². The monoisotopic (exact) mass is 417 g/mol. The highest BCUT2D eigenvalue weighted by atomic mass is 16.2. The molecule has 0 fully saturated rings. The molecule has 3 aromatic rings. The summed E-state index contributed by atoms with van der Waals surface area (Å²) in [5.41, 5.74) is 2.65. The molecule has 8 nitrogen and oxygen atoms in total. The molecule has 1 aromatic heterocycles. The molecule has 0 aliphatic carbocycles. The molecule has 1 aliphatic heterocycles. The number of hydrogen-bond donors (Lipinski definition) is 4. The smallest absolute Gasteiger partial charge is 0.258 e. The van der Waals surface area contributed by atoms with Gasteiger partial charge in [-0.3, -0.25) is 19.4 Å². The average molecular weight is 417 g/mol. The van der Waals surface area contributed by atoms with Gasteiger partial charge in [0.25, 0.3) is 5.56 Å². The minimum atomic E-state index is -0.885. The quantitative estimate of drug-likeness (QED) is 0.492. The molecular formula is C23H23N5O3. The molecule has 4 rings (SSSR count). The Bertz CT molecular complexity index is 1160. The molecule has 2 aromatic carbocycles. The summed E-state index contributed by atoms with van der Waals surface area (Å²) in [6.07, 6.45) is 0.562. The maximum atomic E-state index is 12.8. The molecule has 0 radical (unpaired) electrons. The molecular weight excluding hydrogens is 394 g/mol. The highest BCUT2D eigenvalue weighted by Gasteiger charge is 2.34. The minimum absolute atomic E-state index is 0.0976. The van der Waals surface area contributed by atoms with E-state index in [0.29, 0.717) is 13.0 Å². The van der Waals surface area contributed by atoms with Crippen molar-refractivity contribution in [3.8, 4) is 0 Å².